The summed E-state index contributed by atoms with van der Waals surface area (Å²) >= 11 is 0. The molecule has 0 bridgehead atoms. The zero-order valence-electron chi connectivity index (χ0n) is 18.6. The molecular formula is C25H34F2O2. The van der Waals surface area contributed by atoms with Crippen molar-refractivity contribution in [3.63, 3.8) is 0 Å². The number of aromatic hydroxyl groups is 1. The number of hydrogen-bond donors (Lipinski definition) is 1. The fourth-order valence-corrected chi connectivity index (χ4v) is 3.87. The van der Waals surface area contributed by atoms with Crippen LogP contribution in [0.4, 0.5) is 8.78 Å². The molecule has 0 aliphatic rings. The summed E-state index contributed by atoms with van der Waals surface area (Å²) in [6, 6.07) is 6.76. The zero-order valence-corrected chi connectivity index (χ0v) is 18.6. The van der Waals surface area contributed by atoms with Gasteiger partial charge in [-0.2, -0.15) is 0 Å². The molecule has 0 aromatic heterocycles. The van der Waals surface area contributed by atoms with Crippen LogP contribution in [-0.2, 0) is 0 Å². The molecule has 160 valence electrons. The first-order valence-electron chi connectivity index (χ1n) is 10.5. The van der Waals surface area contributed by atoms with Crippen molar-refractivity contribution in [3.05, 3.63) is 58.2 Å². The van der Waals surface area contributed by atoms with Crippen LogP contribution in [0.3, 0.4) is 0 Å². The van der Waals surface area contributed by atoms with Crippen LogP contribution < -0.4 is 4.74 Å². The molecule has 0 amide bonds. The molecule has 2 aromatic rings. The highest BCUT2D eigenvalue weighted by Crippen LogP contribution is 2.38. The van der Waals surface area contributed by atoms with Crippen molar-refractivity contribution in [2.24, 2.45) is 0 Å². The third-order valence-corrected chi connectivity index (χ3v) is 5.85. The zero-order chi connectivity index (χ0) is 21.9. The third kappa shape index (κ3) is 5.09. The minimum absolute atomic E-state index is 0.0112. The second kappa shape index (κ2) is 9.60. The van der Waals surface area contributed by atoms with Gasteiger partial charge in [-0.3, -0.25) is 0 Å². The van der Waals surface area contributed by atoms with E-state index in [1.165, 1.54) is 19.2 Å². The SMILES string of the molecule is COc1c(C(C)C)ccc(C(C)CCC(C)c2cc(F)c(C(C)C)cc2O)c1F. The molecule has 2 aromatic carbocycles. The first kappa shape index (κ1) is 23.2. The number of halogens is 2. The van der Waals surface area contributed by atoms with Gasteiger partial charge in [-0.15, -0.1) is 0 Å². The van der Waals surface area contributed by atoms with E-state index < -0.39 is 0 Å². The Morgan fingerprint density at radius 1 is 0.793 bits per heavy atom. The lowest BCUT2D eigenvalue weighted by Crippen LogP contribution is -2.06. The van der Waals surface area contributed by atoms with E-state index in [0.717, 1.165) is 12.0 Å². The van der Waals surface area contributed by atoms with Gasteiger partial charge in [0, 0.05) is 0 Å². The number of methoxy groups -OCH3 is 1. The summed E-state index contributed by atoms with van der Waals surface area (Å²) in [6.45, 7) is 11.8. The molecule has 0 saturated heterocycles. The van der Waals surface area contributed by atoms with Gasteiger partial charge >= 0.3 is 0 Å². The van der Waals surface area contributed by atoms with Crippen LogP contribution in [-0.4, -0.2) is 12.2 Å². The predicted molar refractivity (Wildman–Crippen MR) is 115 cm³/mol. The molecule has 0 radical (unpaired) electrons. The lowest BCUT2D eigenvalue weighted by atomic mass is 9.86. The fourth-order valence-electron chi connectivity index (χ4n) is 3.87. The highest BCUT2D eigenvalue weighted by molar-refractivity contribution is 5.43. The lowest BCUT2D eigenvalue weighted by molar-refractivity contribution is 0.374. The number of benzene rings is 2. The van der Waals surface area contributed by atoms with Gasteiger partial charge in [-0.1, -0.05) is 53.7 Å². The summed E-state index contributed by atoms with van der Waals surface area (Å²) in [5, 5.41) is 10.4. The Morgan fingerprint density at radius 3 is 1.83 bits per heavy atom. The van der Waals surface area contributed by atoms with E-state index in [9.17, 15) is 9.50 Å². The number of phenols is 1. The van der Waals surface area contributed by atoms with E-state index in [1.54, 1.807) is 0 Å². The van der Waals surface area contributed by atoms with Crippen molar-refractivity contribution in [3.8, 4) is 11.5 Å². The van der Waals surface area contributed by atoms with Crippen LogP contribution in [0.15, 0.2) is 24.3 Å². The molecule has 0 aliphatic carbocycles. The van der Waals surface area contributed by atoms with E-state index >= 15 is 4.39 Å². The molecule has 2 nitrogen and oxygen atoms in total. The molecule has 0 heterocycles. The van der Waals surface area contributed by atoms with E-state index in [0.29, 0.717) is 28.9 Å². The molecule has 2 rings (SSSR count). The van der Waals surface area contributed by atoms with Crippen molar-refractivity contribution < 1.29 is 18.6 Å². The molecule has 1 N–H and O–H groups in total. The van der Waals surface area contributed by atoms with E-state index in [2.05, 4.69) is 0 Å². The minimum atomic E-state index is -0.297. The topological polar surface area (TPSA) is 29.5 Å². The maximum absolute atomic E-state index is 15.0. The Balaban J connectivity index is 2.17. The summed E-state index contributed by atoms with van der Waals surface area (Å²) < 4.78 is 34.7. The Bertz CT molecular complexity index is 843. The van der Waals surface area contributed by atoms with Gasteiger partial charge in [-0.25, -0.2) is 8.78 Å². The Hall–Kier alpha value is -2.10. The van der Waals surface area contributed by atoms with Crippen LogP contribution in [0.5, 0.6) is 11.5 Å². The van der Waals surface area contributed by atoms with Crippen LogP contribution in [0, 0.1) is 11.6 Å². The number of phenolic OH excluding ortho intramolecular Hbond substituents is 1. The Morgan fingerprint density at radius 2 is 1.31 bits per heavy atom. The number of ether oxygens (including phenoxy) is 1. The van der Waals surface area contributed by atoms with Gasteiger partial charge in [0.05, 0.1) is 7.11 Å². The Kier molecular flexibility index (Phi) is 7.67. The van der Waals surface area contributed by atoms with Crippen LogP contribution >= 0.6 is 0 Å². The largest absolute Gasteiger partial charge is 0.508 e. The summed E-state index contributed by atoms with van der Waals surface area (Å²) in [6.07, 6.45) is 1.43. The van der Waals surface area contributed by atoms with Crippen molar-refractivity contribution in [1.82, 2.24) is 0 Å². The smallest absolute Gasteiger partial charge is 0.168 e. The lowest BCUT2D eigenvalue weighted by Gasteiger charge is -2.21. The highest BCUT2D eigenvalue weighted by atomic mass is 19.1. The first-order valence-corrected chi connectivity index (χ1v) is 10.5. The molecular weight excluding hydrogens is 370 g/mol. The number of hydrogen-bond acceptors (Lipinski definition) is 2. The molecule has 4 heteroatoms. The molecule has 0 fully saturated rings. The molecule has 2 unspecified atom stereocenters. The van der Waals surface area contributed by atoms with Gasteiger partial charge < -0.3 is 9.84 Å². The van der Waals surface area contributed by atoms with Gasteiger partial charge in [0.1, 0.15) is 11.6 Å². The summed E-state index contributed by atoms with van der Waals surface area (Å²) in [5.41, 5.74) is 2.61. The van der Waals surface area contributed by atoms with Gasteiger partial charge in [0.25, 0.3) is 0 Å². The summed E-state index contributed by atoms with van der Waals surface area (Å²) in [4.78, 5) is 0. The monoisotopic (exact) mass is 404 g/mol. The van der Waals surface area contributed by atoms with E-state index in [-0.39, 0.29) is 41.1 Å². The van der Waals surface area contributed by atoms with Crippen LogP contribution in [0.2, 0.25) is 0 Å². The van der Waals surface area contributed by atoms with Gasteiger partial charge in [0.2, 0.25) is 0 Å². The average Bonchev–Trinajstić information content (AvgIpc) is 2.66. The molecule has 0 aliphatic heterocycles. The molecule has 29 heavy (non-hydrogen) atoms. The van der Waals surface area contributed by atoms with Gasteiger partial charge in [-0.05, 0) is 70.9 Å². The van der Waals surface area contributed by atoms with E-state index in [4.69, 9.17) is 4.74 Å². The Labute approximate surface area is 173 Å². The summed E-state index contributed by atoms with van der Waals surface area (Å²) in [5.74, 6) is 0.00247. The third-order valence-electron chi connectivity index (χ3n) is 5.85. The van der Waals surface area contributed by atoms with Crippen molar-refractivity contribution in [1.29, 1.82) is 0 Å². The second-order valence-electron chi connectivity index (χ2n) is 8.71. The van der Waals surface area contributed by atoms with Crippen LogP contribution in [0.1, 0.15) is 100 Å². The summed E-state index contributed by atoms with van der Waals surface area (Å²) in [7, 11) is 1.50. The maximum atomic E-state index is 15.0. The first-order chi connectivity index (χ1) is 13.6. The van der Waals surface area contributed by atoms with Crippen LogP contribution in [0.25, 0.3) is 0 Å². The molecule has 0 spiro atoms. The number of rotatable bonds is 8. The van der Waals surface area contributed by atoms with Crippen molar-refractivity contribution >= 4 is 0 Å². The van der Waals surface area contributed by atoms with Gasteiger partial charge in [0.15, 0.2) is 11.6 Å². The second-order valence-corrected chi connectivity index (χ2v) is 8.71. The molecule has 2 atom stereocenters. The predicted octanol–water partition coefficient (Wildman–Crippen LogP) is 7.61. The average molecular weight is 405 g/mol. The van der Waals surface area contributed by atoms with Crippen molar-refractivity contribution in [2.45, 2.75) is 78.1 Å². The van der Waals surface area contributed by atoms with E-state index in [1.807, 2.05) is 53.7 Å². The molecule has 0 saturated carbocycles. The normalized spacial score (nSPS) is 13.8. The minimum Gasteiger partial charge on any atom is -0.508 e. The maximum Gasteiger partial charge on any atom is 0.168 e. The fraction of sp³-hybridized carbons (Fsp3) is 0.520. The highest BCUT2D eigenvalue weighted by Gasteiger charge is 2.21. The quantitative estimate of drug-likeness (QED) is 0.490. The van der Waals surface area contributed by atoms with Crippen molar-refractivity contribution in [2.75, 3.05) is 7.11 Å². The standard InChI is InChI=1S/C25H34F2O2/c1-14(2)18-10-11-19(24(27)25(18)29-7)16(5)8-9-17(6)21-12-22(26)20(15(3)4)13-23(21)28/h10-17,28H,8-9H2,1-7H3.